The number of benzene rings is 2. The number of carbonyl (C=O) groups is 1. The fraction of sp³-hybridized carbons (Fsp3) is 0.182. The third-order valence-corrected chi connectivity index (χ3v) is 4.35. The van der Waals surface area contributed by atoms with E-state index in [0.29, 0.717) is 23.0 Å². The molecule has 0 bridgehead atoms. The van der Waals surface area contributed by atoms with Crippen LogP contribution in [0, 0.1) is 5.82 Å². The summed E-state index contributed by atoms with van der Waals surface area (Å²) in [5.41, 5.74) is 2.93. The monoisotopic (exact) mass is 363 g/mol. The van der Waals surface area contributed by atoms with Crippen molar-refractivity contribution in [3.63, 3.8) is 0 Å². The van der Waals surface area contributed by atoms with E-state index in [9.17, 15) is 9.18 Å². The maximum atomic E-state index is 13.4. The molecule has 0 fully saturated rings. The Balaban J connectivity index is 1.90. The molecule has 0 aliphatic rings. The number of hydrogen-bond donors (Lipinski definition) is 1. The van der Waals surface area contributed by atoms with Gasteiger partial charge in [-0.15, -0.1) is 0 Å². The van der Waals surface area contributed by atoms with Gasteiger partial charge in [-0.25, -0.2) is 9.37 Å². The quantitative estimate of drug-likeness (QED) is 0.663. The summed E-state index contributed by atoms with van der Waals surface area (Å²) in [5.74, 6) is 0.214. The van der Waals surface area contributed by atoms with E-state index in [1.165, 1.54) is 12.1 Å². The Morgan fingerprint density at radius 1 is 1.07 bits per heavy atom. The highest BCUT2D eigenvalue weighted by Crippen LogP contribution is 2.25. The zero-order chi connectivity index (χ0) is 19.4. The topological polar surface area (TPSA) is 45.2 Å². The Morgan fingerprint density at radius 3 is 2.59 bits per heavy atom. The van der Waals surface area contributed by atoms with Gasteiger partial charge in [-0.05, 0) is 53.9 Å². The highest BCUT2D eigenvalue weighted by Gasteiger charge is 2.18. The van der Waals surface area contributed by atoms with Crippen LogP contribution in [0.4, 0.5) is 21.6 Å². The van der Waals surface area contributed by atoms with Crippen molar-refractivity contribution in [1.29, 1.82) is 0 Å². The van der Waals surface area contributed by atoms with Gasteiger partial charge in [-0.2, -0.15) is 0 Å². The number of amides is 1. The van der Waals surface area contributed by atoms with Crippen LogP contribution in [0.2, 0.25) is 0 Å². The van der Waals surface area contributed by atoms with Gasteiger partial charge in [0.1, 0.15) is 11.6 Å². The summed E-state index contributed by atoms with van der Waals surface area (Å²) in [6.07, 6.45) is 1.60. The van der Waals surface area contributed by atoms with Crippen LogP contribution in [-0.2, 0) is 0 Å². The first-order chi connectivity index (χ1) is 13.0. The molecule has 0 unspecified atom stereocenters. The molecule has 3 rings (SSSR count). The zero-order valence-corrected chi connectivity index (χ0v) is 15.6. The van der Waals surface area contributed by atoms with Crippen molar-refractivity contribution in [3.8, 4) is 0 Å². The normalized spacial score (nSPS) is 10.7. The molecule has 0 aliphatic heterocycles. The smallest absolute Gasteiger partial charge is 0.261 e. The molecule has 1 heterocycles. The van der Waals surface area contributed by atoms with Gasteiger partial charge in [0.05, 0.1) is 5.56 Å². The fourth-order valence-electron chi connectivity index (χ4n) is 2.77. The number of aromatic nitrogens is 1. The first-order valence-electron chi connectivity index (χ1n) is 8.81. The SMILES string of the molecule is CC(C)c1cccc(N(C)C(=O)c2cccnc2Nc2cccc(F)c2)c1. The van der Waals surface area contributed by atoms with Crippen molar-refractivity contribution in [2.24, 2.45) is 0 Å². The number of nitrogens with zero attached hydrogens (tertiary/aromatic N) is 2. The first kappa shape index (κ1) is 18.6. The van der Waals surface area contributed by atoms with Crippen LogP contribution in [0.15, 0.2) is 66.9 Å². The predicted octanol–water partition coefficient (Wildman–Crippen LogP) is 5.36. The van der Waals surface area contributed by atoms with Crippen molar-refractivity contribution in [2.75, 3.05) is 17.3 Å². The lowest BCUT2D eigenvalue weighted by atomic mass is 10.0. The van der Waals surface area contributed by atoms with Crippen LogP contribution >= 0.6 is 0 Å². The van der Waals surface area contributed by atoms with Crippen LogP contribution in [0.5, 0.6) is 0 Å². The molecule has 1 N–H and O–H groups in total. The van der Waals surface area contributed by atoms with Crippen LogP contribution in [0.3, 0.4) is 0 Å². The van der Waals surface area contributed by atoms with Gasteiger partial charge in [0.15, 0.2) is 0 Å². The predicted molar refractivity (Wildman–Crippen MR) is 107 cm³/mol. The number of pyridine rings is 1. The van der Waals surface area contributed by atoms with Crippen molar-refractivity contribution in [3.05, 3.63) is 83.8 Å². The summed E-state index contributed by atoms with van der Waals surface area (Å²) in [4.78, 5) is 18.9. The van der Waals surface area contributed by atoms with Crippen LogP contribution < -0.4 is 10.2 Å². The second-order valence-corrected chi connectivity index (χ2v) is 6.65. The van der Waals surface area contributed by atoms with Gasteiger partial charge in [-0.3, -0.25) is 4.79 Å². The number of halogens is 1. The Hall–Kier alpha value is -3.21. The standard InChI is InChI=1S/C22H22FN3O/c1-15(2)16-7-4-10-19(13-16)26(3)22(27)20-11-6-12-24-21(20)25-18-9-5-8-17(23)14-18/h4-15H,1-3H3,(H,24,25). The number of anilines is 3. The number of nitrogens with one attached hydrogen (secondary N) is 1. The van der Waals surface area contributed by atoms with Crippen LogP contribution in [0.1, 0.15) is 35.7 Å². The molecular formula is C22H22FN3O. The Labute approximate surface area is 158 Å². The molecule has 0 radical (unpaired) electrons. The Kier molecular flexibility index (Phi) is 5.50. The van der Waals surface area contributed by atoms with Gasteiger partial charge in [-0.1, -0.05) is 32.0 Å². The molecule has 138 valence electrons. The second kappa shape index (κ2) is 7.99. The average molecular weight is 363 g/mol. The van der Waals surface area contributed by atoms with E-state index in [0.717, 1.165) is 11.3 Å². The lowest BCUT2D eigenvalue weighted by Gasteiger charge is -2.20. The molecule has 0 saturated carbocycles. The van der Waals surface area contributed by atoms with Crippen molar-refractivity contribution < 1.29 is 9.18 Å². The lowest BCUT2D eigenvalue weighted by molar-refractivity contribution is 0.0993. The molecule has 4 nitrogen and oxygen atoms in total. The number of rotatable bonds is 5. The van der Waals surface area contributed by atoms with E-state index >= 15 is 0 Å². The molecule has 27 heavy (non-hydrogen) atoms. The fourth-order valence-corrected chi connectivity index (χ4v) is 2.77. The first-order valence-corrected chi connectivity index (χ1v) is 8.81. The third kappa shape index (κ3) is 4.31. The minimum absolute atomic E-state index is 0.192. The van der Waals surface area contributed by atoms with Gasteiger partial charge < -0.3 is 10.2 Å². The third-order valence-electron chi connectivity index (χ3n) is 4.35. The van der Waals surface area contributed by atoms with Gasteiger partial charge >= 0.3 is 0 Å². The molecule has 0 spiro atoms. The molecule has 1 amide bonds. The van der Waals surface area contributed by atoms with Crippen LogP contribution in [0.25, 0.3) is 0 Å². The summed E-state index contributed by atoms with van der Waals surface area (Å²) in [6, 6.07) is 17.4. The second-order valence-electron chi connectivity index (χ2n) is 6.65. The molecule has 0 atom stereocenters. The summed E-state index contributed by atoms with van der Waals surface area (Å²) in [7, 11) is 1.74. The van der Waals surface area contributed by atoms with E-state index in [2.05, 4.69) is 24.1 Å². The highest BCUT2D eigenvalue weighted by atomic mass is 19.1. The van der Waals surface area contributed by atoms with E-state index in [1.54, 1.807) is 42.4 Å². The Morgan fingerprint density at radius 2 is 1.85 bits per heavy atom. The maximum absolute atomic E-state index is 13.4. The highest BCUT2D eigenvalue weighted by molar-refractivity contribution is 6.09. The van der Waals surface area contributed by atoms with Crippen molar-refractivity contribution >= 4 is 23.1 Å². The summed E-state index contributed by atoms with van der Waals surface area (Å²) >= 11 is 0. The van der Waals surface area contributed by atoms with E-state index in [1.807, 2.05) is 24.3 Å². The molecule has 2 aromatic carbocycles. The summed E-state index contributed by atoms with van der Waals surface area (Å²) in [5, 5.41) is 3.03. The summed E-state index contributed by atoms with van der Waals surface area (Å²) < 4.78 is 13.4. The average Bonchev–Trinajstić information content (AvgIpc) is 2.67. The minimum atomic E-state index is -0.355. The Bertz CT molecular complexity index is 956. The van der Waals surface area contributed by atoms with Crippen molar-refractivity contribution in [1.82, 2.24) is 4.98 Å². The van der Waals surface area contributed by atoms with Gasteiger partial charge in [0, 0.05) is 24.6 Å². The van der Waals surface area contributed by atoms with Gasteiger partial charge in [0.2, 0.25) is 0 Å². The van der Waals surface area contributed by atoms with Gasteiger partial charge in [0.25, 0.3) is 5.91 Å². The van der Waals surface area contributed by atoms with E-state index in [-0.39, 0.29) is 11.7 Å². The summed E-state index contributed by atoms with van der Waals surface area (Å²) in [6.45, 7) is 4.23. The number of hydrogen-bond acceptors (Lipinski definition) is 3. The zero-order valence-electron chi connectivity index (χ0n) is 15.6. The van der Waals surface area contributed by atoms with Crippen molar-refractivity contribution in [2.45, 2.75) is 19.8 Å². The van der Waals surface area contributed by atoms with Crippen LogP contribution in [-0.4, -0.2) is 17.9 Å². The number of carbonyl (C=O) groups excluding carboxylic acids is 1. The molecule has 1 aromatic heterocycles. The molecule has 3 aromatic rings. The largest absolute Gasteiger partial charge is 0.339 e. The maximum Gasteiger partial charge on any atom is 0.261 e. The van der Waals surface area contributed by atoms with E-state index < -0.39 is 0 Å². The molecule has 0 aliphatic carbocycles. The molecule has 5 heteroatoms. The minimum Gasteiger partial charge on any atom is -0.339 e. The molecular weight excluding hydrogens is 341 g/mol. The molecule has 0 saturated heterocycles. The lowest BCUT2D eigenvalue weighted by Crippen LogP contribution is -2.27. The van der Waals surface area contributed by atoms with E-state index in [4.69, 9.17) is 0 Å².